The van der Waals surface area contributed by atoms with Gasteiger partial charge in [-0.1, -0.05) is 12.0 Å². The van der Waals surface area contributed by atoms with Crippen molar-refractivity contribution in [3.05, 3.63) is 47.7 Å². The van der Waals surface area contributed by atoms with E-state index in [4.69, 9.17) is 20.6 Å². The molecule has 2 N–H and O–H groups in total. The molecule has 0 aliphatic carbocycles. The molecule has 0 spiro atoms. The first-order chi connectivity index (χ1) is 25.5. The van der Waals surface area contributed by atoms with Crippen molar-refractivity contribution in [2.45, 2.75) is 62.2 Å². The van der Waals surface area contributed by atoms with E-state index in [1.807, 2.05) is 9.80 Å². The average molecular weight is 703 g/mol. The van der Waals surface area contributed by atoms with Crippen LogP contribution in [0, 0.1) is 24.0 Å². The maximum atomic E-state index is 17.3. The zero-order chi connectivity index (χ0) is 37.2. The number of aliphatic hydroxyl groups is 1. The summed E-state index contributed by atoms with van der Waals surface area (Å²) in [7, 11) is 1.45. The van der Waals surface area contributed by atoms with Gasteiger partial charge < -0.3 is 29.3 Å². The summed E-state index contributed by atoms with van der Waals surface area (Å²) < 4.78 is 67.7. The summed E-state index contributed by atoms with van der Waals surface area (Å²) >= 11 is 0. The van der Waals surface area contributed by atoms with Gasteiger partial charge in [-0.25, -0.2) is 13.6 Å². The molecule has 1 amide bonds. The topological polar surface area (TPSA) is 134 Å². The van der Waals surface area contributed by atoms with Crippen LogP contribution >= 0.6 is 0 Å². The van der Waals surface area contributed by atoms with Crippen molar-refractivity contribution < 1.29 is 40.7 Å². The molecule has 8 rings (SSSR count). The molecule has 4 aliphatic heterocycles. The molecule has 4 aliphatic rings. The number of methoxy groups -OCH3 is 1. The Kier molecular flexibility index (Phi) is 7.91. The van der Waals surface area contributed by atoms with Crippen LogP contribution in [0.15, 0.2) is 30.5 Å². The van der Waals surface area contributed by atoms with Gasteiger partial charge in [0.15, 0.2) is 12.6 Å². The van der Waals surface area contributed by atoms with Crippen LogP contribution in [0.1, 0.15) is 46.8 Å². The number of amides is 1. The smallest absolute Gasteiger partial charge is 0.407 e. The number of rotatable bonds is 9. The molecule has 6 heterocycles. The van der Waals surface area contributed by atoms with Crippen molar-refractivity contribution in [2.75, 3.05) is 51.6 Å². The van der Waals surface area contributed by atoms with Crippen LogP contribution in [0.4, 0.5) is 19.4 Å². The number of pyridine rings is 1. The Balaban J connectivity index is 1.30. The van der Waals surface area contributed by atoms with Gasteiger partial charge in [0, 0.05) is 43.4 Å². The third-order valence-electron chi connectivity index (χ3n) is 10.8. The van der Waals surface area contributed by atoms with E-state index in [2.05, 4.69) is 20.9 Å². The van der Waals surface area contributed by atoms with Crippen LogP contribution in [0.25, 0.3) is 32.9 Å². The molecule has 2 aromatic carbocycles. The first-order valence-electron chi connectivity index (χ1n) is 18.0. The van der Waals surface area contributed by atoms with E-state index in [-0.39, 0.29) is 89.3 Å². The van der Waals surface area contributed by atoms with Crippen molar-refractivity contribution in [2.24, 2.45) is 0 Å². The number of hydrogen-bond donors (Lipinski definition) is 2. The molecule has 0 radical (unpaired) electrons. The highest BCUT2D eigenvalue weighted by atomic mass is 19.1. The van der Waals surface area contributed by atoms with Crippen LogP contribution < -0.4 is 14.4 Å². The molecule has 2 aromatic heterocycles. The summed E-state index contributed by atoms with van der Waals surface area (Å²) in [5.74, 6) is 1.30. The number of aromatic nitrogens is 3. The monoisotopic (exact) mass is 702 g/mol. The van der Waals surface area contributed by atoms with Gasteiger partial charge in [0.25, 0.3) is 0 Å². The molecule has 4 fully saturated rings. The van der Waals surface area contributed by atoms with Gasteiger partial charge in [-0.05, 0) is 68.7 Å². The molecular formula is C37H38F2N6O6. The fourth-order valence-corrected chi connectivity index (χ4v) is 8.59. The molecule has 12 nitrogen and oxygen atoms in total. The van der Waals surface area contributed by atoms with Crippen LogP contribution in [-0.4, -0.2) is 111 Å². The molecule has 2 bridgehead atoms. The second-order valence-corrected chi connectivity index (χ2v) is 13.6. The third-order valence-corrected chi connectivity index (χ3v) is 10.8. The van der Waals surface area contributed by atoms with Crippen molar-refractivity contribution >= 4 is 33.6 Å². The molecule has 14 heteroatoms. The van der Waals surface area contributed by atoms with Crippen LogP contribution in [-0.2, 0) is 4.74 Å². The summed E-state index contributed by atoms with van der Waals surface area (Å²) in [6.45, 7) is -1.45. The maximum Gasteiger partial charge on any atom is 0.407 e. The van der Waals surface area contributed by atoms with E-state index in [1.165, 1.54) is 36.4 Å². The number of carbonyl (C=O) groups is 1. The zero-order valence-corrected chi connectivity index (χ0v) is 27.9. The van der Waals surface area contributed by atoms with Crippen molar-refractivity contribution in [1.29, 1.82) is 0 Å². The molecule has 266 valence electrons. The Hall–Kier alpha value is -4.84. The second-order valence-electron chi connectivity index (χ2n) is 13.6. The highest BCUT2D eigenvalue weighted by Crippen LogP contribution is 2.44. The Morgan fingerprint density at radius 3 is 2.69 bits per heavy atom. The molecule has 4 atom stereocenters. The number of fused-ring (bicyclic) bond motifs is 5. The third kappa shape index (κ3) is 5.55. The molecule has 2 unspecified atom stereocenters. The minimum atomic E-state index is -2.34. The van der Waals surface area contributed by atoms with E-state index in [1.54, 1.807) is 6.07 Å². The lowest BCUT2D eigenvalue weighted by Gasteiger charge is -2.40. The number of anilines is 1. The van der Waals surface area contributed by atoms with E-state index in [0.717, 1.165) is 0 Å². The highest BCUT2D eigenvalue weighted by Gasteiger charge is 2.50. The van der Waals surface area contributed by atoms with Crippen LogP contribution in [0.2, 0.25) is 0 Å². The minimum absolute atomic E-state index is 0.0948. The molecule has 51 heavy (non-hydrogen) atoms. The standard InChI is InChI=1S/C37H38F2N6O6/c1-3-26-29(38)8-5-21-13-25(51-20-49-2)14-27(30(21)26)32-31(39)33-28(15-40-32)34(43-16-22-6-7-23(17-43)45(22)36(47)48)42-35(41-33)50-19-37-10-4-12-44(37)24(18-46)9-11-37/h1,5,8,13-15,22-24,46H,4,6-7,9-12,16-20H2,2H3,(H,47,48)/t22-,23+,24?,37?/i19D2. The van der Waals surface area contributed by atoms with Gasteiger partial charge in [-0.15, -0.1) is 6.42 Å². The van der Waals surface area contributed by atoms with Gasteiger partial charge >= 0.3 is 12.1 Å². The zero-order valence-electron chi connectivity index (χ0n) is 29.9. The Labute approximate surface area is 295 Å². The Morgan fingerprint density at radius 2 is 1.96 bits per heavy atom. The lowest BCUT2D eigenvalue weighted by Crippen LogP contribution is -2.55. The molecule has 4 aromatic rings. The summed E-state index contributed by atoms with van der Waals surface area (Å²) in [4.78, 5) is 31.0. The second kappa shape index (κ2) is 13.0. The maximum absolute atomic E-state index is 17.3. The van der Waals surface area contributed by atoms with Crippen molar-refractivity contribution in [3.63, 3.8) is 0 Å². The first kappa shape index (κ1) is 30.9. The summed E-state index contributed by atoms with van der Waals surface area (Å²) in [5, 5.41) is 20.8. The summed E-state index contributed by atoms with van der Waals surface area (Å²) in [5.41, 5.74) is -1.46. The Bertz CT molecular complexity index is 2160. The van der Waals surface area contributed by atoms with Gasteiger partial charge in [0.1, 0.15) is 35.2 Å². The lowest BCUT2D eigenvalue weighted by atomic mass is 9.95. The van der Waals surface area contributed by atoms with E-state index >= 15 is 8.78 Å². The first-order valence-corrected chi connectivity index (χ1v) is 17.0. The average Bonchev–Trinajstić information content (AvgIpc) is 3.81. The van der Waals surface area contributed by atoms with E-state index in [0.29, 0.717) is 50.5 Å². The number of nitrogens with zero attached hydrogens (tertiary/aromatic N) is 6. The molecule has 0 saturated carbocycles. The SMILES string of the molecule is [2H]C([2H])(Oc1nc(N2C[C@H]3CC[C@@H](C2)N3C(=O)O)c2cnc(-c3cc(OCOC)cc4ccc(F)c(C#C)c34)c(F)c2n1)C12CCCN1C(CO)CC2. The molecule has 4 saturated heterocycles. The van der Waals surface area contributed by atoms with E-state index < -0.39 is 35.8 Å². The largest absolute Gasteiger partial charge is 0.468 e. The van der Waals surface area contributed by atoms with Gasteiger partial charge in [-0.3, -0.25) is 14.8 Å². The van der Waals surface area contributed by atoms with Gasteiger partial charge in [-0.2, -0.15) is 9.97 Å². The Morgan fingerprint density at radius 1 is 1.16 bits per heavy atom. The van der Waals surface area contributed by atoms with E-state index in [9.17, 15) is 17.7 Å². The number of hydrogen-bond acceptors (Lipinski definition) is 10. The summed E-state index contributed by atoms with van der Waals surface area (Å²) in [6.07, 6.45) is 9.67. The van der Waals surface area contributed by atoms with Gasteiger partial charge in [0.2, 0.25) is 0 Å². The fraction of sp³-hybridized carbons (Fsp3) is 0.459. The predicted molar refractivity (Wildman–Crippen MR) is 184 cm³/mol. The van der Waals surface area contributed by atoms with Crippen molar-refractivity contribution in [3.8, 4) is 35.4 Å². The predicted octanol–water partition coefficient (Wildman–Crippen LogP) is 4.79. The number of piperazine rings is 1. The lowest BCUT2D eigenvalue weighted by molar-refractivity contribution is 0.0512. The number of benzene rings is 2. The molecular weight excluding hydrogens is 662 g/mol. The fourth-order valence-electron chi connectivity index (χ4n) is 8.59. The van der Waals surface area contributed by atoms with Gasteiger partial charge in [0.05, 0.1) is 37.9 Å². The number of terminal acetylenes is 1. The van der Waals surface area contributed by atoms with Crippen molar-refractivity contribution in [1.82, 2.24) is 24.8 Å². The minimum Gasteiger partial charge on any atom is -0.468 e. The highest BCUT2D eigenvalue weighted by molar-refractivity contribution is 6.03. The number of carboxylic acid groups (broad SMARTS) is 1. The van der Waals surface area contributed by atoms with Crippen LogP contribution in [0.5, 0.6) is 11.8 Å². The number of ether oxygens (including phenoxy) is 3. The normalized spacial score (nSPS) is 25.2. The number of halogens is 2. The van der Waals surface area contributed by atoms with Crippen LogP contribution in [0.3, 0.4) is 0 Å². The quantitative estimate of drug-likeness (QED) is 0.184. The summed E-state index contributed by atoms with van der Waals surface area (Å²) in [6, 6.07) is 4.56. The number of aliphatic hydroxyl groups excluding tert-OH is 1.